The van der Waals surface area contributed by atoms with Gasteiger partial charge in [0.05, 0.1) is 39.3 Å². The van der Waals surface area contributed by atoms with Gasteiger partial charge in [0.2, 0.25) is 35.4 Å². The Balaban J connectivity index is 6.37. The highest BCUT2D eigenvalue weighted by atomic mass is 16.5. The van der Waals surface area contributed by atoms with E-state index in [0.717, 1.165) is 25.7 Å². The molecule has 27 heteroatoms. The molecule has 0 aromatic heterocycles. The lowest BCUT2D eigenvalue weighted by atomic mass is 10.1. The van der Waals surface area contributed by atoms with Gasteiger partial charge in [0.1, 0.15) is 6.04 Å². The summed E-state index contributed by atoms with van der Waals surface area (Å²) in [4.78, 5) is 102. The minimum Gasteiger partial charge on any atom is -0.383 e. The van der Waals surface area contributed by atoms with Crippen LogP contribution in [0.5, 0.6) is 0 Å². The van der Waals surface area contributed by atoms with Gasteiger partial charge in [-0.15, -0.1) is 0 Å². The van der Waals surface area contributed by atoms with Crippen LogP contribution in [0.3, 0.4) is 0 Å². The summed E-state index contributed by atoms with van der Waals surface area (Å²) in [7, 11) is 1.41. The Morgan fingerprint density at radius 3 is 1.34 bits per heavy atom. The summed E-state index contributed by atoms with van der Waals surface area (Å²) in [5.41, 5.74) is 54.7. The molecule has 0 aromatic carbocycles. The first kappa shape index (κ1) is 57.8. The molecule has 0 aliphatic rings. The number of guanidine groups is 4. The monoisotopic (exact) mass is 913 g/mol. The van der Waals surface area contributed by atoms with Crippen LogP contribution in [0, 0.1) is 0 Å². The molecule has 22 N–H and O–H groups in total. The minimum atomic E-state index is -1.09. The molecule has 0 fully saturated rings. The molecule has 0 saturated heterocycles. The highest BCUT2D eigenvalue weighted by Crippen LogP contribution is 2.06. The molecule has 0 aromatic rings. The second-order valence-corrected chi connectivity index (χ2v) is 14.6. The Bertz CT molecular complexity index is 1530. The van der Waals surface area contributed by atoms with Crippen LogP contribution in [0.2, 0.25) is 0 Å². The Kier molecular flexibility index (Phi) is 31.8. The number of ether oxygens (including phenoxy) is 1. The SMILES string of the molecule is COCCN(CC(=O)N(CCCN=C(N)N)CC(=O)N[C@H](CCCN=C(N)N)C(N)=O)C(=O)CN(CCCN=C(N)N)C(=O)CN(CCCN=C(N)N)C(=O)CNCCCCCCN. The summed E-state index contributed by atoms with van der Waals surface area (Å²) >= 11 is 0. The largest absolute Gasteiger partial charge is 0.383 e. The molecule has 0 aliphatic heterocycles. The summed E-state index contributed by atoms with van der Waals surface area (Å²) in [6.07, 6.45) is 4.93. The maximum atomic E-state index is 14.1. The van der Waals surface area contributed by atoms with E-state index in [1.54, 1.807) is 0 Å². The Morgan fingerprint density at radius 2 is 0.922 bits per heavy atom. The molecule has 64 heavy (non-hydrogen) atoms. The topological polar surface area (TPSA) is 458 Å². The Hall–Kier alpha value is -6.22. The minimum absolute atomic E-state index is 0.00850. The predicted molar refractivity (Wildman–Crippen MR) is 246 cm³/mol. The second-order valence-electron chi connectivity index (χ2n) is 14.6. The van der Waals surface area contributed by atoms with Crippen LogP contribution >= 0.6 is 0 Å². The third kappa shape index (κ3) is 29.9. The van der Waals surface area contributed by atoms with E-state index in [9.17, 15) is 28.8 Å². The van der Waals surface area contributed by atoms with Crippen molar-refractivity contribution in [2.75, 3.05) is 112 Å². The van der Waals surface area contributed by atoms with Gasteiger partial charge >= 0.3 is 0 Å². The molecule has 0 aliphatic carbocycles. The van der Waals surface area contributed by atoms with E-state index in [2.05, 4.69) is 30.6 Å². The van der Waals surface area contributed by atoms with Gasteiger partial charge in [-0.1, -0.05) is 12.8 Å². The lowest BCUT2D eigenvalue weighted by Gasteiger charge is -2.31. The third-order valence-electron chi connectivity index (χ3n) is 9.14. The van der Waals surface area contributed by atoms with Crippen molar-refractivity contribution in [2.24, 2.45) is 77.3 Å². The fourth-order valence-electron chi connectivity index (χ4n) is 5.83. The van der Waals surface area contributed by atoms with Crippen molar-refractivity contribution in [3.8, 4) is 0 Å². The van der Waals surface area contributed by atoms with E-state index >= 15 is 0 Å². The van der Waals surface area contributed by atoms with Crippen LogP contribution in [-0.4, -0.2) is 197 Å². The smallest absolute Gasteiger partial charge is 0.242 e. The maximum absolute atomic E-state index is 14.1. The summed E-state index contributed by atoms with van der Waals surface area (Å²) in [6, 6.07) is -1.09. The average Bonchev–Trinajstić information content (AvgIpc) is 3.22. The number of aliphatic imine (C=N–C) groups is 4. The van der Waals surface area contributed by atoms with Gasteiger partial charge in [0, 0.05) is 59.5 Å². The molecule has 6 amide bonds. The molecule has 1 atom stereocenters. The first-order valence-electron chi connectivity index (χ1n) is 21.2. The van der Waals surface area contributed by atoms with Crippen molar-refractivity contribution in [3.05, 3.63) is 0 Å². The zero-order chi connectivity index (χ0) is 48.3. The maximum Gasteiger partial charge on any atom is 0.242 e. The number of primary amides is 1. The third-order valence-corrected chi connectivity index (χ3v) is 9.14. The summed E-state index contributed by atoms with van der Waals surface area (Å²) in [5, 5.41) is 5.66. The van der Waals surface area contributed by atoms with Crippen LogP contribution in [0.1, 0.15) is 57.8 Å². The second kappa shape index (κ2) is 35.3. The number of rotatable bonds is 37. The Morgan fingerprint density at radius 1 is 0.516 bits per heavy atom. The van der Waals surface area contributed by atoms with E-state index in [4.69, 9.17) is 62.1 Å². The molecule has 0 unspecified atom stereocenters. The number of nitrogens with two attached hydrogens (primary N) is 10. The van der Waals surface area contributed by atoms with Gasteiger partial charge in [-0.2, -0.15) is 0 Å². The molecule has 0 heterocycles. The highest BCUT2D eigenvalue weighted by Gasteiger charge is 2.28. The molecule has 0 saturated carbocycles. The molecular formula is C37H76N20O7. The fourth-order valence-corrected chi connectivity index (χ4v) is 5.83. The Labute approximate surface area is 375 Å². The summed E-state index contributed by atoms with van der Waals surface area (Å²) < 4.78 is 5.22. The molecule has 0 radical (unpaired) electrons. The highest BCUT2D eigenvalue weighted by molar-refractivity contribution is 5.92. The van der Waals surface area contributed by atoms with E-state index in [-0.39, 0.29) is 121 Å². The molecule has 27 nitrogen and oxygen atoms in total. The van der Waals surface area contributed by atoms with Crippen LogP contribution in [0.15, 0.2) is 20.0 Å². The fraction of sp³-hybridized carbons (Fsp3) is 0.730. The van der Waals surface area contributed by atoms with Gasteiger partial charge in [-0.25, -0.2) is 0 Å². The zero-order valence-electron chi connectivity index (χ0n) is 37.5. The van der Waals surface area contributed by atoms with Crippen molar-refractivity contribution in [2.45, 2.75) is 63.8 Å². The van der Waals surface area contributed by atoms with Crippen molar-refractivity contribution >= 4 is 59.3 Å². The summed E-state index contributed by atoms with van der Waals surface area (Å²) in [5.74, 6) is -4.30. The van der Waals surface area contributed by atoms with E-state index in [0.29, 0.717) is 25.9 Å². The normalized spacial score (nSPS) is 11.0. The number of unbranched alkanes of at least 4 members (excludes halogenated alkanes) is 3. The van der Waals surface area contributed by atoms with Gasteiger partial charge in [-0.3, -0.25) is 48.7 Å². The number of methoxy groups -OCH3 is 1. The van der Waals surface area contributed by atoms with Gasteiger partial charge < -0.3 is 92.3 Å². The van der Waals surface area contributed by atoms with Gasteiger partial charge in [-0.05, 0) is 58.0 Å². The molecule has 0 rings (SSSR count). The number of hydrogen-bond acceptors (Lipinski definition) is 13. The standard InChI is InChI=1S/C37H76N20O7/c1-64-21-20-57(26-30(60)54(17-7-14-50-35(42)43)23-28(58)53-27(33(39)63)10-6-13-49-34(40)41)32(62)25-56(19-9-16-52-37(46)47)31(61)24-55(18-8-15-51-36(44)45)29(59)22-48-12-5-3-2-4-11-38/h27,48H,2-26,38H2,1H3,(H2,39,63)(H,53,58)(H4,40,41,49)(H4,42,43,50)(H4,44,45,51)(H4,46,47,52)/t27-/m1/s1. The number of carbonyl (C=O) groups excluding carboxylic acids is 6. The number of amides is 6. The van der Waals surface area contributed by atoms with Crippen LogP contribution in [0.25, 0.3) is 0 Å². The first-order chi connectivity index (χ1) is 30.4. The lowest BCUT2D eigenvalue weighted by molar-refractivity contribution is -0.147. The van der Waals surface area contributed by atoms with Crippen LogP contribution in [0.4, 0.5) is 0 Å². The number of nitrogens with zero attached hydrogens (tertiary/aromatic N) is 8. The lowest BCUT2D eigenvalue weighted by Crippen LogP contribution is -2.53. The number of nitrogens with one attached hydrogen (secondary N) is 2. The van der Waals surface area contributed by atoms with E-state index < -0.39 is 55.2 Å². The van der Waals surface area contributed by atoms with E-state index in [1.807, 2.05) is 0 Å². The van der Waals surface area contributed by atoms with Crippen molar-refractivity contribution in [1.29, 1.82) is 0 Å². The molecule has 366 valence electrons. The number of hydrogen-bond donors (Lipinski definition) is 12. The van der Waals surface area contributed by atoms with Gasteiger partial charge in [0.25, 0.3) is 0 Å². The molecule has 0 bridgehead atoms. The quantitative estimate of drug-likeness (QED) is 0.0157. The predicted octanol–water partition coefficient (Wildman–Crippen LogP) is -6.93. The van der Waals surface area contributed by atoms with Crippen LogP contribution in [-0.2, 0) is 33.5 Å². The van der Waals surface area contributed by atoms with Crippen LogP contribution < -0.4 is 68.0 Å². The molecular weight excluding hydrogens is 837 g/mol. The summed E-state index contributed by atoms with van der Waals surface area (Å²) in [6.45, 7) is -0.0630. The zero-order valence-corrected chi connectivity index (χ0v) is 37.5. The average molecular weight is 913 g/mol. The molecule has 0 spiro atoms. The number of carbonyl (C=O) groups is 6. The van der Waals surface area contributed by atoms with Crippen molar-refractivity contribution in [3.63, 3.8) is 0 Å². The van der Waals surface area contributed by atoms with Crippen molar-refractivity contribution in [1.82, 2.24) is 30.2 Å². The first-order valence-corrected chi connectivity index (χ1v) is 21.2. The van der Waals surface area contributed by atoms with E-state index in [1.165, 1.54) is 26.7 Å². The van der Waals surface area contributed by atoms with Gasteiger partial charge in [0.15, 0.2) is 23.8 Å². The van der Waals surface area contributed by atoms with Crippen molar-refractivity contribution < 1.29 is 33.5 Å².